The molecule has 3 aromatic rings. The predicted molar refractivity (Wildman–Crippen MR) is 153 cm³/mol. The van der Waals surface area contributed by atoms with E-state index >= 15 is 0 Å². The highest BCUT2D eigenvalue weighted by Gasteiger charge is 2.52. The van der Waals surface area contributed by atoms with Gasteiger partial charge >= 0.3 is 21.3 Å². The number of aliphatic hydroxyl groups excluding tert-OH is 1. The molecule has 3 aliphatic heterocycles. The van der Waals surface area contributed by atoms with Crippen LogP contribution < -0.4 is 17.2 Å². The number of fused-ring (bicyclic) bond motifs is 1. The number of aliphatic hydroxyl groups is 1. The van der Waals surface area contributed by atoms with E-state index in [4.69, 9.17) is 39.5 Å². The van der Waals surface area contributed by atoms with Gasteiger partial charge in [0.1, 0.15) is 42.1 Å². The smallest absolute Gasteiger partial charge is 0.388 e. The minimum absolute atomic E-state index is 0.0970. The van der Waals surface area contributed by atoms with Crippen molar-refractivity contribution in [3.8, 4) is 0 Å². The Kier molecular flexibility index (Phi) is 9.76. The first kappa shape index (κ1) is 33.9. The molecule has 24 heteroatoms. The fourth-order valence-corrected chi connectivity index (χ4v) is 6.61. The molecule has 0 saturated carbocycles. The molecule has 3 aliphatic rings. The molecule has 47 heavy (non-hydrogen) atoms. The van der Waals surface area contributed by atoms with Crippen molar-refractivity contribution in [3.63, 3.8) is 0 Å². The average molecular weight is 705 g/mol. The summed E-state index contributed by atoms with van der Waals surface area (Å²) in [4.78, 5) is 57.9. The average Bonchev–Trinajstić information content (AvgIpc) is 3.79. The molecular weight excluding hydrogens is 674 g/mol. The van der Waals surface area contributed by atoms with Gasteiger partial charge < -0.3 is 50.2 Å². The Hall–Kier alpha value is -2.95. The van der Waals surface area contributed by atoms with Gasteiger partial charge in [0.2, 0.25) is 0 Å². The Bertz CT molecular complexity index is 1730. The molecule has 0 amide bonds. The number of hydrogen-bond donors (Lipinski definition) is 6. The van der Waals surface area contributed by atoms with E-state index in [9.17, 15) is 33.7 Å². The van der Waals surface area contributed by atoms with Crippen LogP contribution >= 0.6 is 15.6 Å². The SMILES string of the molecule is Nc1ccn([C@@H]2O[C@H](COP(=O)(O)O)[C@@H](OP(=O)(O)OC[C@H]3[CH][C@@H](O)[C@H](n4cnc5c(N)ncnc54)O3)[C@H]2OC2CCCO2)c(=O)n1. The lowest BCUT2D eigenvalue weighted by Gasteiger charge is -2.28. The van der Waals surface area contributed by atoms with Gasteiger partial charge in [-0.1, -0.05) is 0 Å². The van der Waals surface area contributed by atoms with E-state index in [2.05, 4.69) is 24.5 Å². The van der Waals surface area contributed by atoms with Crippen molar-refractivity contribution in [1.82, 2.24) is 29.1 Å². The third kappa shape index (κ3) is 7.70. The van der Waals surface area contributed by atoms with Crippen LogP contribution in [-0.4, -0.2) is 105 Å². The second-order valence-corrected chi connectivity index (χ2v) is 13.2. The Morgan fingerprint density at radius 2 is 1.83 bits per heavy atom. The molecular formula is C23H31N8O14P2. The number of nitrogen functional groups attached to an aromatic ring is 2. The molecule has 1 radical (unpaired) electrons. The number of hydrogen-bond acceptors (Lipinski definition) is 17. The van der Waals surface area contributed by atoms with Gasteiger partial charge in [-0.2, -0.15) is 4.98 Å². The Morgan fingerprint density at radius 1 is 1.02 bits per heavy atom. The molecule has 6 heterocycles. The van der Waals surface area contributed by atoms with Gasteiger partial charge in [-0.25, -0.2) is 28.9 Å². The van der Waals surface area contributed by atoms with E-state index in [1.165, 1.54) is 35.9 Å². The molecule has 6 rings (SSSR count). The fraction of sp³-hybridized carbons (Fsp3) is 0.565. The highest BCUT2D eigenvalue weighted by atomic mass is 31.2. The Balaban J connectivity index is 1.20. The highest BCUT2D eigenvalue weighted by molar-refractivity contribution is 7.47. The van der Waals surface area contributed by atoms with Gasteiger partial charge in [-0.3, -0.25) is 22.7 Å². The molecule has 0 aromatic carbocycles. The van der Waals surface area contributed by atoms with Gasteiger partial charge in [-0.15, -0.1) is 0 Å². The van der Waals surface area contributed by atoms with Gasteiger partial charge in [0.25, 0.3) is 0 Å². The summed E-state index contributed by atoms with van der Waals surface area (Å²) in [6.45, 7) is -1.09. The lowest BCUT2D eigenvalue weighted by molar-refractivity contribution is -0.181. The number of aromatic nitrogens is 6. The van der Waals surface area contributed by atoms with Crippen molar-refractivity contribution in [2.24, 2.45) is 0 Å². The fourth-order valence-electron chi connectivity index (χ4n) is 5.31. The van der Waals surface area contributed by atoms with Crippen LogP contribution in [0, 0.1) is 6.42 Å². The number of ether oxygens (including phenoxy) is 4. The summed E-state index contributed by atoms with van der Waals surface area (Å²) in [5.74, 6) is 0.0191. The predicted octanol–water partition coefficient (Wildman–Crippen LogP) is -1.26. The van der Waals surface area contributed by atoms with Gasteiger partial charge in [-0.05, 0) is 12.5 Å². The molecule has 2 unspecified atom stereocenters. The van der Waals surface area contributed by atoms with Gasteiger partial charge in [0.15, 0.2) is 30.2 Å². The summed E-state index contributed by atoms with van der Waals surface area (Å²) >= 11 is 0. The molecule has 257 valence electrons. The van der Waals surface area contributed by atoms with Crippen LogP contribution in [0.25, 0.3) is 11.2 Å². The molecule has 0 spiro atoms. The van der Waals surface area contributed by atoms with E-state index in [1.54, 1.807) is 0 Å². The molecule has 8 N–H and O–H groups in total. The Morgan fingerprint density at radius 3 is 2.55 bits per heavy atom. The molecule has 9 atom stereocenters. The van der Waals surface area contributed by atoms with Crippen LogP contribution in [-0.2, 0) is 41.6 Å². The number of phosphoric ester groups is 2. The highest BCUT2D eigenvalue weighted by Crippen LogP contribution is 2.50. The van der Waals surface area contributed by atoms with Crippen molar-refractivity contribution >= 4 is 38.4 Å². The normalized spacial score (nSPS) is 31.1. The lowest BCUT2D eigenvalue weighted by atomic mass is 10.1. The topological polar surface area (TPSA) is 310 Å². The summed E-state index contributed by atoms with van der Waals surface area (Å²) in [5, 5.41) is 10.6. The maximum atomic E-state index is 13.3. The van der Waals surface area contributed by atoms with Crippen LogP contribution in [0.2, 0.25) is 0 Å². The minimum atomic E-state index is -5.07. The summed E-state index contributed by atoms with van der Waals surface area (Å²) in [5.41, 5.74) is 11.1. The van der Waals surface area contributed by atoms with Gasteiger partial charge in [0.05, 0.1) is 25.6 Å². The van der Waals surface area contributed by atoms with Crippen LogP contribution in [0.4, 0.5) is 11.6 Å². The van der Waals surface area contributed by atoms with Crippen molar-refractivity contribution in [2.75, 3.05) is 31.3 Å². The van der Waals surface area contributed by atoms with E-state index in [0.29, 0.717) is 19.4 Å². The molecule has 3 saturated heterocycles. The van der Waals surface area contributed by atoms with Crippen molar-refractivity contribution in [2.45, 2.75) is 62.1 Å². The zero-order chi connectivity index (χ0) is 33.5. The van der Waals surface area contributed by atoms with E-state index in [-0.39, 0.29) is 22.8 Å². The number of nitrogens with zero attached hydrogens (tertiary/aromatic N) is 6. The number of nitrogens with two attached hydrogens (primary N) is 2. The second kappa shape index (κ2) is 13.5. The van der Waals surface area contributed by atoms with Crippen molar-refractivity contribution in [1.29, 1.82) is 0 Å². The standard InChI is InChI=1S/C23H31N8O14P2/c24-14-3-4-30(23(33)29-14)22-18(44-15-2-1-5-39-15)17(13(43-22)8-40-46(34,35)36)45-47(37,38)41-7-11-6-12(32)21(42-11)31-10-28-16-19(25)26-9-27-20(16)31/h3-4,6,9-13,15,17-18,21-22,32H,1-2,5,7-8H2,(H,37,38)(H2,24,29,33)(H2,25,26,27)(H2,34,35,36)/t11-,12-,13-,15?,17-,18-,21-,22-/m1/s1. The van der Waals surface area contributed by atoms with Gasteiger partial charge in [0, 0.05) is 25.6 Å². The van der Waals surface area contributed by atoms with E-state index in [0.717, 1.165) is 4.57 Å². The van der Waals surface area contributed by atoms with Crippen LogP contribution in [0.15, 0.2) is 29.7 Å². The molecule has 0 bridgehead atoms. The minimum Gasteiger partial charge on any atom is -0.388 e. The summed E-state index contributed by atoms with van der Waals surface area (Å²) in [7, 11) is -10.1. The second-order valence-electron chi connectivity index (χ2n) is 10.6. The molecule has 3 fully saturated rings. The summed E-state index contributed by atoms with van der Waals surface area (Å²) in [6, 6.07) is 1.29. The largest absolute Gasteiger partial charge is 0.472 e. The number of phosphoric acid groups is 2. The monoisotopic (exact) mass is 705 g/mol. The summed E-state index contributed by atoms with van der Waals surface area (Å²) < 4.78 is 65.7. The van der Waals surface area contributed by atoms with Crippen molar-refractivity contribution in [3.05, 3.63) is 41.8 Å². The number of anilines is 2. The third-order valence-corrected chi connectivity index (χ3v) is 8.82. The summed E-state index contributed by atoms with van der Waals surface area (Å²) in [6.07, 6.45) is -3.88. The maximum absolute atomic E-state index is 13.3. The zero-order valence-electron chi connectivity index (χ0n) is 24.1. The van der Waals surface area contributed by atoms with E-state index in [1.807, 2.05) is 0 Å². The maximum Gasteiger partial charge on any atom is 0.472 e. The number of rotatable bonds is 12. The lowest BCUT2D eigenvalue weighted by Crippen LogP contribution is -2.41. The first-order valence-electron chi connectivity index (χ1n) is 14.0. The van der Waals surface area contributed by atoms with Crippen LogP contribution in [0.1, 0.15) is 25.3 Å². The zero-order valence-corrected chi connectivity index (χ0v) is 25.9. The first-order valence-corrected chi connectivity index (χ1v) is 17.0. The Labute approximate surface area is 264 Å². The van der Waals surface area contributed by atoms with Crippen LogP contribution in [0.5, 0.6) is 0 Å². The molecule has 3 aromatic heterocycles. The van der Waals surface area contributed by atoms with Crippen LogP contribution in [0.3, 0.4) is 0 Å². The quantitative estimate of drug-likeness (QED) is 0.120. The number of imidazole rings is 1. The molecule has 22 nitrogen and oxygen atoms in total. The first-order chi connectivity index (χ1) is 22.3. The van der Waals surface area contributed by atoms with Crippen molar-refractivity contribution < 1.29 is 61.4 Å². The van der Waals surface area contributed by atoms with E-state index < -0.39 is 83.8 Å². The third-order valence-electron chi connectivity index (χ3n) is 7.35. The molecule has 0 aliphatic carbocycles.